The first kappa shape index (κ1) is 23.2. The molecule has 0 radical (unpaired) electrons. The molecule has 34 heavy (non-hydrogen) atoms. The highest BCUT2D eigenvalue weighted by Crippen LogP contribution is 2.33. The number of pyridine rings is 1. The van der Waals surface area contributed by atoms with Crippen molar-refractivity contribution >= 4 is 28.5 Å². The largest absolute Gasteiger partial charge is 0.449 e. The van der Waals surface area contributed by atoms with E-state index in [0.717, 1.165) is 11.1 Å². The van der Waals surface area contributed by atoms with Gasteiger partial charge in [0.25, 0.3) is 5.91 Å². The molecule has 0 fully saturated rings. The summed E-state index contributed by atoms with van der Waals surface area (Å²) in [7, 11) is 0. The average molecular weight is 460 g/mol. The minimum Gasteiger partial charge on any atom is -0.449 e. The zero-order valence-corrected chi connectivity index (χ0v) is 19.3. The molecule has 4 rings (SSSR count). The fourth-order valence-electron chi connectivity index (χ4n) is 3.49. The van der Waals surface area contributed by atoms with Crippen molar-refractivity contribution in [2.24, 2.45) is 5.41 Å². The molecule has 2 heterocycles. The molecule has 0 spiro atoms. The summed E-state index contributed by atoms with van der Waals surface area (Å²) >= 11 is 0. The van der Waals surface area contributed by atoms with E-state index in [9.17, 15) is 14.0 Å². The van der Waals surface area contributed by atoms with Crippen molar-refractivity contribution in [3.63, 3.8) is 0 Å². The Morgan fingerprint density at radius 1 is 0.971 bits per heavy atom. The van der Waals surface area contributed by atoms with Crippen LogP contribution in [0.25, 0.3) is 11.0 Å². The molecular weight excluding hydrogens is 433 g/mol. The Balaban J connectivity index is 1.75. The van der Waals surface area contributed by atoms with Gasteiger partial charge in [0.1, 0.15) is 17.1 Å². The number of furan rings is 1. The van der Waals surface area contributed by atoms with Crippen LogP contribution in [0.5, 0.6) is 0 Å². The number of para-hydroxylation sites is 1. The molecule has 0 saturated heterocycles. The number of fused-ring (bicyclic) bond motifs is 1. The van der Waals surface area contributed by atoms with Crippen molar-refractivity contribution in [2.75, 3.05) is 5.32 Å². The molecule has 0 bridgehead atoms. The smallest absolute Gasteiger partial charge is 0.292 e. The molecule has 2 aromatic heterocycles. The molecule has 0 unspecified atom stereocenters. The van der Waals surface area contributed by atoms with Gasteiger partial charge in [0.2, 0.25) is 11.7 Å². The van der Waals surface area contributed by atoms with E-state index in [-0.39, 0.29) is 30.6 Å². The number of carbonyl (C=O) groups excluding carboxylic acids is 2. The summed E-state index contributed by atoms with van der Waals surface area (Å²) in [6, 6.07) is 16.9. The van der Waals surface area contributed by atoms with Crippen LogP contribution >= 0.6 is 0 Å². The molecule has 4 aromatic rings. The van der Waals surface area contributed by atoms with Crippen molar-refractivity contribution < 1.29 is 18.4 Å². The topological polar surface area (TPSA) is 75.4 Å². The van der Waals surface area contributed by atoms with E-state index in [0.29, 0.717) is 16.7 Å². The third-order valence-corrected chi connectivity index (χ3v) is 5.38. The first-order valence-corrected chi connectivity index (χ1v) is 11.0. The van der Waals surface area contributed by atoms with Gasteiger partial charge in [0.05, 0.1) is 0 Å². The average Bonchev–Trinajstić information content (AvgIpc) is 3.18. The van der Waals surface area contributed by atoms with Crippen LogP contribution < -0.4 is 5.32 Å². The maximum Gasteiger partial charge on any atom is 0.292 e. The number of rotatable bonds is 6. The second kappa shape index (κ2) is 9.47. The Morgan fingerprint density at radius 2 is 1.68 bits per heavy atom. The number of nitrogens with zero attached hydrogens (tertiary/aromatic N) is 2. The lowest BCUT2D eigenvalue weighted by molar-refractivity contribution is -0.123. The summed E-state index contributed by atoms with van der Waals surface area (Å²) in [5.74, 6) is -0.929. The van der Waals surface area contributed by atoms with Gasteiger partial charge in [-0.25, -0.2) is 4.39 Å². The number of aromatic nitrogens is 1. The number of nitrogens with one attached hydrogen (secondary N) is 1. The quantitative estimate of drug-likeness (QED) is 0.396. The molecule has 0 aliphatic rings. The molecule has 2 aromatic carbocycles. The predicted molar refractivity (Wildman–Crippen MR) is 129 cm³/mol. The Labute approximate surface area is 197 Å². The fourth-order valence-corrected chi connectivity index (χ4v) is 3.49. The lowest BCUT2D eigenvalue weighted by Crippen LogP contribution is -2.32. The SMILES string of the molecule is CC(C)(C)C(=O)Nc1c(C(=O)N(Cc2ccc(F)cc2)Cc2cccnc2)oc2ccccc12. The maximum atomic E-state index is 13.8. The van der Waals surface area contributed by atoms with Gasteiger partial charge in [-0.2, -0.15) is 0 Å². The summed E-state index contributed by atoms with van der Waals surface area (Å²) in [6.45, 7) is 5.88. The zero-order valence-electron chi connectivity index (χ0n) is 19.3. The number of carbonyl (C=O) groups is 2. The second-order valence-corrected chi connectivity index (χ2v) is 9.16. The minimum absolute atomic E-state index is 0.0461. The first-order valence-electron chi connectivity index (χ1n) is 11.0. The highest BCUT2D eigenvalue weighted by Gasteiger charge is 2.29. The first-order chi connectivity index (χ1) is 16.2. The summed E-state index contributed by atoms with van der Waals surface area (Å²) in [6.07, 6.45) is 3.35. The van der Waals surface area contributed by atoms with Crippen LogP contribution in [0.15, 0.2) is 77.5 Å². The van der Waals surface area contributed by atoms with Crippen molar-refractivity contribution in [3.8, 4) is 0 Å². The number of hydrogen-bond acceptors (Lipinski definition) is 4. The van der Waals surface area contributed by atoms with Gasteiger partial charge in [-0.3, -0.25) is 14.6 Å². The van der Waals surface area contributed by atoms with E-state index in [1.165, 1.54) is 12.1 Å². The molecule has 174 valence electrons. The molecule has 0 saturated carbocycles. The molecule has 0 atom stereocenters. The third kappa shape index (κ3) is 5.14. The Kier molecular flexibility index (Phi) is 6.45. The molecule has 6 nitrogen and oxygen atoms in total. The molecule has 2 amide bonds. The van der Waals surface area contributed by atoms with Crippen LogP contribution in [0, 0.1) is 11.2 Å². The van der Waals surface area contributed by atoms with Crippen molar-refractivity contribution in [3.05, 3.63) is 95.8 Å². The molecule has 7 heteroatoms. The molecule has 0 aliphatic heterocycles. The zero-order chi connectivity index (χ0) is 24.3. The van der Waals surface area contributed by atoms with Crippen LogP contribution in [0.4, 0.5) is 10.1 Å². The standard InChI is InChI=1S/C27H26FN3O3/c1-27(2,3)26(33)30-23-21-8-4-5-9-22(21)34-24(23)25(32)31(17-19-7-6-14-29-15-19)16-18-10-12-20(28)13-11-18/h4-15H,16-17H2,1-3H3,(H,30,33). The summed E-state index contributed by atoms with van der Waals surface area (Å²) in [5, 5.41) is 3.55. The Morgan fingerprint density at radius 3 is 2.35 bits per heavy atom. The van der Waals surface area contributed by atoms with E-state index < -0.39 is 11.3 Å². The summed E-state index contributed by atoms with van der Waals surface area (Å²) in [4.78, 5) is 32.4. The highest BCUT2D eigenvalue weighted by atomic mass is 19.1. The van der Waals surface area contributed by atoms with Gasteiger partial charge in [-0.05, 0) is 41.5 Å². The van der Waals surface area contributed by atoms with Crippen LogP contribution in [0.3, 0.4) is 0 Å². The fraction of sp³-hybridized carbons (Fsp3) is 0.222. The van der Waals surface area contributed by atoms with Crippen molar-refractivity contribution in [1.29, 1.82) is 0 Å². The van der Waals surface area contributed by atoms with Crippen LogP contribution in [-0.4, -0.2) is 21.7 Å². The summed E-state index contributed by atoms with van der Waals surface area (Å²) in [5.41, 5.74) is 1.76. The molecule has 0 aliphatic carbocycles. The minimum atomic E-state index is -0.664. The summed E-state index contributed by atoms with van der Waals surface area (Å²) < 4.78 is 19.4. The van der Waals surface area contributed by atoms with E-state index >= 15 is 0 Å². The molecule has 1 N–H and O–H groups in total. The van der Waals surface area contributed by atoms with Gasteiger partial charge in [-0.15, -0.1) is 0 Å². The number of benzene rings is 2. The lowest BCUT2D eigenvalue weighted by Gasteiger charge is -2.23. The Bertz CT molecular complexity index is 1310. The Hall–Kier alpha value is -4.00. The number of amides is 2. The van der Waals surface area contributed by atoms with Crippen LogP contribution in [0.1, 0.15) is 42.5 Å². The predicted octanol–water partition coefficient (Wildman–Crippen LogP) is 5.79. The van der Waals surface area contributed by atoms with Gasteiger partial charge in [-0.1, -0.05) is 51.1 Å². The second-order valence-electron chi connectivity index (χ2n) is 9.16. The maximum absolute atomic E-state index is 13.8. The van der Waals surface area contributed by atoms with E-state index in [1.54, 1.807) is 74.5 Å². The van der Waals surface area contributed by atoms with Gasteiger partial charge < -0.3 is 14.6 Å². The third-order valence-electron chi connectivity index (χ3n) is 5.38. The normalized spacial score (nSPS) is 11.4. The van der Waals surface area contributed by atoms with Crippen molar-refractivity contribution in [2.45, 2.75) is 33.9 Å². The highest BCUT2D eigenvalue weighted by molar-refractivity contribution is 6.11. The van der Waals surface area contributed by atoms with E-state index in [2.05, 4.69) is 10.3 Å². The van der Waals surface area contributed by atoms with Gasteiger partial charge in [0, 0.05) is 36.3 Å². The monoisotopic (exact) mass is 459 g/mol. The van der Waals surface area contributed by atoms with Gasteiger partial charge >= 0.3 is 0 Å². The van der Waals surface area contributed by atoms with Gasteiger partial charge in [0.15, 0.2) is 0 Å². The molecular formula is C27H26FN3O3. The number of hydrogen-bond donors (Lipinski definition) is 1. The van der Waals surface area contributed by atoms with E-state index in [4.69, 9.17) is 4.42 Å². The number of halogens is 1. The van der Waals surface area contributed by atoms with Crippen LogP contribution in [0.2, 0.25) is 0 Å². The van der Waals surface area contributed by atoms with Crippen LogP contribution in [-0.2, 0) is 17.9 Å². The number of anilines is 1. The van der Waals surface area contributed by atoms with E-state index in [1.807, 2.05) is 12.1 Å². The lowest BCUT2D eigenvalue weighted by atomic mass is 9.95. The van der Waals surface area contributed by atoms with Crippen molar-refractivity contribution in [1.82, 2.24) is 9.88 Å².